The summed E-state index contributed by atoms with van der Waals surface area (Å²) in [4.78, 5) is 11.9. The van der Waals surface area contributed by atoms with Crippen LogP contribution in [0.5, 0.6) is 0 Å². The van der Waals surface area contributed by atoms with Crippen LogP contribution in [0.3, 0.4) is 0 Å². The molecule has 0 aromatic heterocycles. The first-order valence-corrected chi connectivity index (χ1v) is 5.54. The molecule has 0 aliphatic carbocycles. The maximum atomic E-state index is 10.8. The Bertz CT molecular complexity index is 315. The van der Waals surface area contributed by atoms with Gasteiger partial charge in [-0.15, -0.1) is 11.8 Å². The second-order valence-electron chi connectivity index (χ2n) is 2.63. The third kappa shape index (κ3) is 4.03. The lowest BCUT2D eigenvalue weighted by molar-refractivity contribution is -0.140. The fourth-order valence-electron chi connectivity index (χ4n) is 0.911. The molecule has 0 spiro atoms. The van der Waals surface area contributed by atoms with Crippen LogP contribution >= 0.6 is 23.4 Å². The minimum atomic E-state index is -0.181. The van der Waals surface area contributed by atoms with Gasteiger partial charge in [0.25, 0.3) is 0 Å². The third-order valence-electron chi connectivity index (χ3n) is 1.60. The minimum Gasteiger partial charge on any atom is -0.469 e. The molecular formula is C10H11ClO2S. The average Bonchev–Trinajstić information content (AvgIpc) is 2.17. The SMILES string of the molecule is COC(=O)CCSc1cccc(Cl)c1. The first kappa shape index (κ1) is 11.4. The first-order valence-electron chi connectivity index (χ1n) is 4.17. The van der Waals surface area contributed by atoms with Gasteiger partial charge in [-0.05, 0) is 18.2 Å². The van der Waals surface area contributed by atoms with Crippen LogP contribution in [0.2, 0.25) is 5.02 Å². The van der Waals surface area contributed by atoms with Crippen LogP contribution in [0.1, 0.15) is 6.42 Å². The third-order valence-corrected chi connectivity index (χ3v) is 2.83. The van der Waals surface area contributed by atoms with Crippen LogP contribution in [0, 0.1) is 0 Å². The fraction of sp³-hybridized carbons (Fsp3) is 0.300. The van der Waals surface area contributed by atoms with Crippen molar-refractivity contribution in [3.8, 4) is 0 Å². The highest BCUT2D eigenvalue weighted by Gasteiger charge is 2.00. The van der Waals surface area contributed by atoms with E-state index in [2.05, 4.69) is 4.74 Å². The van der Waals surface area contributed by atoms with E-state index in [1.165, 1.54) is 7.11 Å². The number of methoxy groups -OCH3 is 1. The lowest BCUT2D eigenvalue weighted by atomic mass is 10.4. The number of esters is 1. The Hall–Kier alpha value is -0.670. The van der Waals surface area contributed by atoms with Crippen molar-refractivity contribution in [3.05, 3.63) is 29.3 Å². The van der Waals surface area contributed by atoms with Crippen molar-refractivity contribution in [2.45, 2.75) is 11.3 Å². The van der Waals surface area contributed by atoms with Crippen molar-refractivity contribution in [1.82, 2.24) is 0 Å². The quantitative estimate of drug-likeness (QED) is 0.588. The summed E-state index contributed by atoms with van der Waals surface area (Å²) in [6, 6.07) is 7.56. The molecule has 1 rings (SSSR count). The van der Waals surface area contributed by atoms with Crippen LogP contribution < -0.4 is 0 Å². The monoisotopic (exact) mass is 230 g/mol. The van der Waals surface area contributed by atoms with Crippen LogP contribution in [-0.2, 0) is 9.53 Å². The second kappa shape index (κ2) is 5.94. The van der Waals surface area contributed by atoms with E-state index in [1.54, 1.807) is 11.8 Å². The zero-order chi connectivity index (χ0) is 10.4. The Labute approximate surface area is 92.6 Å². The van der Waals surface area contributed by atoms with Crippen LogP contribution in [0.15, 0.2) is 29.2 Å². The lowest BCUT2D eigenvalue weighted by Crippen LogP contribution is -2.00. The van der Waals surface area contributed by atoms with E-state index in [4.69, 9.17) is 11.6 Å². The summed E-state index contributed by atoms with van der Waals surface area (Å²) in [7, 11) is 1.40. The number of carbonyl (C=O) groups excluding carboxylic acids is 1. The van der Waals surface area contributed by atoms with E-state index in [0.717, 1.165) is 4.90 Å². The maximum Gasteiger partial charge on any atom is 0.306 e. The van der Waals surface area contributed by atoms with E-state index in [1.807, 2.05) is 24.3 Å². The first-order chi connectivity index (χ1) is 6.72. The number of halogens is 1. The number of rotatable bonds is 4. The number of benzene rings is 1. The number of hydrogen-bond donors (Lipinski definition) is 0. The Morgan fingerprint density at radius 3 is 3.00 bits per heavy atom. The zero-order valence-corrected chi connectivity index (χ0v) is 9.40. The Morgan fingerprint density at radius 2 is 2.36 bits per heavy atom. The van der Waals surface area contributed by atoms with Gasteiger partial charge in [0.05, 0.1) is 13.5 Å². The Kier molecular flexibility index (Phi) is 4.84. The summed E-state index contributed by atoms with van der Waals surface area (Å²) in [6.07, 6.45) is 0.424. The Morgan fingerprint density at radius 1 is 1.57 bits per heavy atom. The zero-order valence-electron chi connectivity index (χ0n) is 7.83. The molecule has 0 atom stereocenters. The molecule has 0 heterocycles. The summed E-state index contributed by atoms with van der Waals surface area (Å²) in [5, 5.41) is 0.716. The molecule has 0 N–H and O–H groups in total. The van der Waals surface area contributed by atoms with Gasteiger partial charge in [0, 0.05) is 15.7 Å². The molecule has 0 aliphatic heterocycles. The molecule has 2 nitrogen and oxygen atoms in total. The molecule has 0 bridgehead atoms. The molecular weight excluding hydrogens is 220 g/mol. The van der Waals surface area contributed by atoms with E-state index in [0.29, 0.717) is 17.2 Å². The summed E-state index contributed by atoms with van der Waals surface area (Å²) in [5.74, 6) is 0.534. The molecule has 0 amide bonds. The number of thioether (sulfide) groups is 1. The van der Waals surface area contributed by atoms with Gasteiger partial charge in [0.1, 0.15) is 0 Å². The minimum absolute atomic E-state index is 0.181. The molecule has 0 unspecified atom stereocenters. The van der Waals surface area contributed by atoms with Gasteiger partial charge in [-0.25, -0.2) is 0 Å². The molecule has 76 valence electrons. The molecule has 4 heteroatoms. The van der Waals surface area contributed by atoms with Gasteiger partial charge in [0.2, 0.25) is 0 Å². The van der Waals surface area contributed by atoms with Crippen molar-refractivity contribution < 1.29 is 9.53 Å². The molecule has 0 radical (unpaired) electrons. The number of carbonyl (C=O) groups is 1. The summed E-state index contributed by atoms with van der Waals surface area (Å²) < 4.78 is 4.53. The average molecular weight is 231 g/mol. The molecule has 14 heavy (non-hydrogen) atoms. The highest BCUT2D eigenvalue weighted by atomic mass is 35.5. The number of ether oxygens (including phenoxy) is 1. The largest absolute Gasteiger partial charge is 0.469 e. The molecule has 1 aromatic carbocycles. The van der Waals surface area contributed by atoms with Crippen LogP contribution in [0.4, 0.5) is 0 Å². The van der Waals surface area contributed by atoms with Crippen LogP contribution in [0.25, 0.3) is 0 Å². The Balaban J connectivity index is 2.35. The molecule has 0 saturated heterocycles. The van der Waals surface area contributed by atoms with Crippen molar-refractivity contribution in [2.75, 3.05) is 12.9 Å². The summed E-state index contributed by atoms with van der Waals surface area (Å²) >= 11 is 7.40. The highest BCUT2D eigenvalue weighted by Crippen LogP contribution is 2.22. The fourth-order valence-corrected chi connectivity index (χ4v) is 2.06. The van der Waals surface area contributed by atoms with Crippen LogP contribution in [-0.4, -0.2) is 18.8 Å². The van der Waals surface area contributed by atoms with Crippen molar-refractivity contribution in [2.24, 2.45) is 0 Å². The molecule has 0 saturated carbocycles. The second-order valence-corrected chi connectivity index (χ2v) is 4.24. The lowest BCUT2D eigenvalue weighted by Gasteiger charge is -2.00. The van der Waals surface area contributed by atoms with Crippen molar-refractivity contribution in [3.63, 3.8) is 0 Å². The van der Waals surface area contributed by atoms with Gasteiger partial charge in [-0.3, -0.25) is 4.79 Å². The van der Waals surface area contributed by atoms with E-state index >= 15 is 0 Å². The molecule has 1 aromatic rings. The van der Waals surface area contributed by atoms with Gasteiger partial charge < -0.3 is 4.74 Å². The highest BCUT2D eigenvalue weighted by molar-refractivity contribution is 7.99. The summed E-state index contributed by atoms with van der Waals surface area (Å²) in [5.41, 5.74) is 0. The van der Waals surface area contributed by atoms with Gasteiger partial charge in [-0.1, -0.05) is 17.7 Å². The van der Waals surface area contributed by atoms with E-state index in [-0.39, 0.29) is 5.97 Å². The summed E-state index contributed by atoms with van der Waals surface area (Å²) in [6.45, 7) is 0. The standard InChI is InChI=1S/C10H11ClO2S/c1-13-10(12)5-6-14-9-4-2-3-8(11)7-9/h2-4,7H,5-6H2,1H3. The predicted octanol–water partition coefficient (Wildman–Crippen LogP) is 3.00. The predicted molar refractivity (Wildman–Crippen MR) is 58.8 cm³/mol. The molecule has 0 aliphatic rings. The van der Waals surface area contributed by atoms with E-state index in [9.17, 15) is 4.79 Å². The maximum absolute atomic E-state index is 10.8. The smallest absolute Gasteiger partial charge is 0.306 e. The van der Waals surface area contributed by atoms with E-state index < -0.39 is 0 Å². The topological polar surface area (TPSA) is 26.3 Å². The van der Waals surface area contributed by atoms with Crippen molar-refractivity contribution >= 4 is 29.3 Å². The number of hydrogen-bond acceptors (Lipinski definition) is 3. The van der Waals surface area contributed by atoms with Crippen molar-refractivity contribution in [1.29, 1.82) is 0 Å². The van der Waals surface area contributed by atoms with Gasteiger partial charge in [0.15, 0.2) is 0 Å². The normalized spacial score (nSPS) is 9.86. The molecule has 0 fully saturated rings. The van der Waals surface area contributed by atoms with Gasteiger partial charge >= 0.3 is 5.97 Å². The van der Waals surface area contributed by atoms with Gasteiger partial charge in [-0.2, -0.15) is 0 Å².